The van der Waals surface area contributed by atoms with E-state index in [-0.39, 0.29) is 0 Å². The molecule has 0 spiro atoms. The van der Waals surface area contributed by atoms with Gasteiger partial charge in [0.15, 0.2) is 12.6 Å². The summed E-state index contributed by atoms with van der Waals surface area (Å²) in [5, 5.41) is 80.1. The number of hydrogen-bond acceptors (Lipinski definition) is 13. The van der Waals surface area contributed by atoms with E-state index in [0.717, 1.165) is 0 Å². The summed E-state index contributed by atoms with van der Waals surface area (Å²) in [4.78, 5) is 0. The van der Waals surface area contributed by atoms with Crippen molar-refractivity contribution in [2.24, 2.45) is 11.7 Å². The summed E-state index contributed by atoms with van der Waals surface area (Å²) < 4.78 is 35.7. The SMILES string of the molecule is C[C@H]1O[C@@H](O[C@H]2[C@H](O)[C@@H](O)[C@@H](O[C@H]3[C@H](O)[C@@H](F)[C@H](N)[C@@H]3CO)O[C@@H]2CO)[C@H](O)[C@@H](O)[C@@H]1O. The largest absolute Gasteiger partial charge is 0.396 e. The third-order valence-electron chi connectivity index (χ3n) is 6.37. The molecule has 0 unspecified atom stereocenters. The molecule has 0 amide bonds. The lowest BCUT2D eigenvalue weighted by atomic mass is 9.97. The molecule has 2 saturated heterocycles. The highest BCUT2D eigenvalue weighted by molar-refractivity contribution is 5.02. The maximum absolute atomic E-state index is 14.1. The highest BCUT2D eigenvalue weighted by atomic mass is 19.1. The number of aliphatic hydroxyl groups is 8. The van der Waals surface area contributed by atoms with E-state index in [1.165, 1.54) is 6.92 Å². The molecule has 188 valence electrons. The lowest BCUT2D eigenvalue weighted by molar-refractivity contribution is -0.363. The summed E-state index contributed by atoms with van der Waals surface area (Å²) in [6.45, 7) is 0.0480. The van der Waals surface area contributed by atoms with Crippen LogP contribution in [0.15, 0.2) is 0 Å². The predicted molar refractivity (Wildman–Crippen MR) is 99.3 cm³/mol. The van der Waals surface area contributed by atoms with Crippen LogP contribution in [0.1, 0.15) is 6.92 Å². The predicted octanol–water partition coefficient (Wildman–Crippen LogP) is -5.33. The van der Waals surface area contributed by atoms with E-state index >= 15 is 0 Å². The minimum Gasteiger partial charge on any atom is -0.396 e. The molecule has 0 bridgehead atoms. The fourth-order valence-electron chi connectivity index (χ4n) is 4.29. The number of halogens is 1. The lowest BCUT2D eigenvalue weighted by Gasteiger charge is -2.46. The molecule has 0 radical (unpaired) electrons. The molecule has 3 rings (SSSR count). The Kier molecular flexibility index (Phi) is 8.42. The van der Waals surface area contributed by atoms with Gasteiger partial charge in [-0.3, -0.25) is 0 Å². The molecule has 15 atom stereocenters. The Bertz CT molecular complexity index is 619. The van der Waals surface area contributed by atoms with Crippen LogP contribution >= 0.6 is 0 Å². The van der Waals surface area contributed by atoms with Crippen molar-refractivity contribution in [1.82, 2.24) is 0 Å². The van der Waals surface area contributed by atoms with Crippen molar-refractivity contribution in [2.75, 3.05) is 13.2 Å². The van der Waals surface area contributed by atoms with Gasteiger partial charge in [0.25, 0.3) is 0 Å². The quantitative estimate of drug-likeness (QED) is 0.176. The van der Waals surface area contributed by atoms with Crippen LogP contribution in [0.3, 0.4) is 0 Å². The molecule has 0 aromatic carbocycles. The summed E-state index contributed by atoms with van der Waals surface area (Å²) in [5.41, 5.74) is 5.64. The molecule has 2 heterocycles. The van der Waals surface area contributed by atoms with Crippen molar-refractivity contribution in [3.8, 4) is 0 Å². The van der Waals surface area contributed by atoms with Gasteiger partial charge >= 0.3 is 0 Å². The number of alkyl halides is 1. The first-order chi connectivity index (χ1) is 15.0. The van der Waals surface area contributed by atoms with E-state index in [9.17, 15) is 45.2 Å². The fraction of sp³-hybridized carbons (Fsp3) is 1.00. The van der Waals surface area contributed by atoms with Gasteiger partial charge in [0, 0.05) is 12.0 Å². The first kappa shape index (κ1) is 26.0. The number of nitrogens with two attached hydrogens (primary N) is 1. The Morgan fingerprint density at radius 3 is 1.91 bits per heavy atom. The van der Waals surface area contributed by atoms with E-state index < -0.39 is 105 Å². The van der Waals surface area contributed by atoms with Crippen molar-refractivity contribution in [1.29, 1.82) is 0 Å². The molecule has 13 nitrogen and oxygen atoms in total. The lowest BCUT2D eigenvalue weighted by Crippen LogP contribution is -2.64. The van der Waals surface area contributed by atoms with Crippen LogP contribution in [0.5, 0.6) is 0 Å². The summed E-state index contributed by atoms with van der Waals surface area (Å²) in [5.74, 6) is -1.02. The average molecular weight is 473 g/mol. The van der Waals surface area contributed by atoms with Crippen molar-refractivity contribution in [3.05, 3.63) is 0 Å². The first-order valence-electron chi connectivity index (χ1n) is 10.3. The van der Waals surface area contributed by atoms with E-state index in [1.54, 1.807) is 0 Å². The Hall–Kier alpha value is -0.590. The molecule has 2 aliphatic heterocycles. The molecule has 1 aliphatic carbocycles. The van der Waals surface area contributed by atoms with Gasteiger partial charge < -0.3 is 65.5 Å². The molecule has 10 N–H and O–H groups in total. The van der Waals surface area contributed by atoms with E-state index in [2.05, 4.69) is 0 Å². The van der Waals surface area contributed by atoms with Gasteiger partial charge in [0.05, 0.1) is 25.4 Å². The zero-order chi connectivity index (χ0) is 23.9. The maximum atomic E-state index is 14.1. The number of ether oxygens (including phenoxy) is 4. The second-order valence-corrected chi connectivity index (χ2v) is 8.45. The molecule has 0 aromatic rings. The topological polar surface area (TPSA) is 225 Å². The van der Waals surface area contributed by atoms with Gasteiger partial charge in [-0.05, 0) is 6.92 Å². The molecule has 14 heteroatoms. The molecule has 3 fully saturated rings. The van der Waals surface area contributed by atoms with Crippen LogP contribution in [0.2, 0.25) is 0 Å². The standard InChI is InChI=1S/C18H32FNO12/c1-4-9(23)11(25)13(27)17(29-4)32-16-6(3-22)30-18(14(28)12(16)26)31-15-5(2-21)8(20)7(19)10(15)24/h4-18,21-28H,2-3,20H2,1H3/t4-,5+,6-,7+,8-,9-,10-,11+,12-,13-,14-,15-,16-,17+,18-/m1/s1. The molecule has 0 aromatic heterocycles. The zero-order valence-electron chi connectivity index (χ0n) is 17.2. The van der Waals surface area contributed by atoms with Crippen molar-refractivity contribution in [2.45, 2.75) is 92.8 Å². The van der Waals surface area contributed by atoms with E-state index in [4.69, 9.17) is 24.7 Å². The number of aliphatic hydroxyl groups excluding tert-OH is 8. The second-order valence-electron chi connectivity index (χ2n) is 8.45. The van der Waals surface area contributed by atoms with Crippen LogP contribution in [-0.4, -0.2) is 140 Å². The minimum atomic E-state index is -1.90. The van der Waals surface area contributed by atoms with Crippen molar-refractivity contribution < 1.29 is 64.2 Å². The summed E-state index contributed by atoms with van der Waals surface area (Å²) in [7, 11) is 0. The molecular formula is C18H32FNO12. The van der Waals surface area contributed by atoms with Crippen LogP contribution in [-0.2, 0) is 18.9 Å². The monoisotopic (exact) mass is 473 g/mol. The van der Waals surface area contributed by atoms with Gasteiger partial charge in [-0.15, -0.1) is 0 Å². The Labute approximate surface area is 182 Å². The first-order valence-corrected chi connectivity index (χ1v) is 10.3. The van der Waals surface area contributed by atoms with Gasteiger partial charge in [-0.25, -0.2) is 4.39 Å². The molecule has 3 aliphatic rings. The van der Waals surface area contributed by atoms with Crippen LogP contribution < -0.4 is 5.73 Å². The van der Waals surface area contributed by atoms with Crippen molar-refractivity contribution in [3.63, 3.8) is 0 Å². The average Bonchev–Trinajstić information content (AvgIpc) is 2.98. The molecule has 32 heavy (non-hydrogen) atoms. The van der Waals surface area contributed by atoms with Crippen LogP contribution in [0.25, 0.3) is 0 Å². The van der Waals surface area contributed by atoms with Gasteiger partial charge in [0.1, 0.15) is 55.0 Å². The Morgan fingerprint density at radius 1 is 0.750 bits per heavy atom. The summed E-state index contributed by atoms with van der Waals surface area (Å²) in [6.07, 6.45) is -20.2. The number of hydrogen-bond donors (Lipinski definition) is 9. The normalized spacial score (nSPS) is 54.7. The molecule has 1 saturated carbocycles. The van der Waals surface area contributed by atoms with E-state index in [1.807, 2.05) is 0 Å². The molecular weight excluding hydrogens is 441 g/mol. The highest BCUT2D eigenvalue weighted by Crippen LogP contribution is 2.35. The van der Waals surface area contributed by atoms with Gasteiger partial charge in [-0.1, -0.05) is 0 Å². The smallest absolute Gasteiger partial charge is 0.187 e. The third kappa shape index (κ3) is 4.65. The summed E-state index contributed by atoms with van der Waals surface area (Å²) in [6, 6.07) is -1.23. The fourth-order valence-corrected chi connectivity index (χ4v) is 4.29. The van der Waals surface area contributed by atoms with Crippen LogP contribution in [0, 0.1) is 5.92 Å². The van der Waals surface area contributed by atoms with E-state index in [0.29, 0.717) is 0 Å². The Balaban J connectivity index is 1.71. The van der Waals surface area contributed by atoms with Gasteiger partial charge in [-0.2, -0.15) is 0 Å². The van der Waals surface area contributed by atoms with Crippen molar-refractivity contribution >= 4 is 0 Å². The van der Waals surface area contributed by atoms with Crippen LogP contribution in [0.4, 0.5) is 4.39 Å². The Morgan fingerprint density at radius 2 is 1.31 bits per heavy atom. The number of rotatable bonds is 6. The highest BCUT2D eigenvalue weighted by Gasteiger charge is 2.54. The minimum absolute atomic E-state index is 0.618. The van der Waals surface area contributed by atoms with Gasteiger partial charge in [0.2, 0.25) is 0 Å². The zero-order valence-corrected chi connectivity index (χ0v) is 17.2. The maximum Gasteiger partial charge on any atom is 0.187 e. The third-order valence-corrected chi connectivity index (χ3v) is 6.37. The summed E-state index contributed by atoms with van der Waals surface area (Å²) >= 11 is 0. The second kappa shape index (κ2) is 10.4.